The maximum Gasteiger partial charge on any atom is 0.244 e. The number of carbonyl (C=O) groups excluding carboxylic acids is 1. The maximum absolute atomic E-state index is 11.2. The third-order valence-electron chi connectivity index (χ3n) is 3.41. The molecule has 1 saturated heterocycles. The Labute approximate surface area is 96.3 Å². The minimum Gasteiger partial charge on any atom is -0.374 e. The Morgan fingerprint density at radius 1 is 1.38 bits per heavy atom. The molecule has 0 radical (unpaired) electrons. The highest BCUT2D eigenvalue weighted by Gasteiger charge is 2.26. The first kappa shape index (κ1) is 11.4. The van der Waals surface area contributed by atoms with Gasteiger partial charge in [-0.05, 0) is 38.0 Å². The highest BCUT2D eigenvalue weighted by atomic mass is 16.5. The van der Waals surface area contributed by atoms with Gasteiger partial charge in [0, 0.05) is 12.2 Å². The number of ether oxygens (including phenoxy) is 1. The van der Waals surface area contributed by atoms with E-state index < -0.39 is 0 Å². The van der Waals surface area contributed by atoms with Crippen LogP contribution in [0, 0.1) is 5.92 Å². The summed E-state index contributed by atoms with van der Waals surface area (Å²) in [6.07, 6.45) is 11.3. The molecule has 1 amide bonds. The highest BCUT2D eigenvalue weighted by molar-refractivity contribution is 5.91. The predicted octanol–water partition coefficient (Wildman–Crippen LogP) is 1.93. The van der Waals surface area contributed by atoms with Crippen LogP contribution in [-0.4, -0.2) is 18.6 Å². The lowest BCUT2D eigenvalue weighted by Crippen LogP contribution is -2.18. The molecular formula is C13H19NO2. The predicted molar refractivity (Wildman–Crippen MR) is 62.7 cm³/mol. The van der Waals surface area contributed by atoms with Gasteiger partial charge in [-0.1, -0.05) is 18.2 Å². The zero-order valence-electron chi connectivity index (χ0n) is 9.52. The van der Waals surface area contributed by atoms with Crippen LogP contribution in [0.5, 0.6) is 0 Å². The van der Waals surface area contributed by atoms with Gasteiger partial charge in [-0.15, -0.1) is 0 Å². The fourth-order valence-electron chi connectivity index (χ4n) is 2.43. The molecule has 2 unspecified atom stereocenters. The number of allylic oxidation sites excluding steroid dienone is 2. The Kier molecular flexibility index (Phi) is 3.78. The second kappa shape index (κ2) is 5.30. The molecule has 0 bridgehead atoms. The van der Waals surface area contributed by atoms with Gasteiger partial charge in [-0.25, -0.2) is 0 Å². The van der Waals surface area contributed by atoms with Crippen molar-refractivity contribution in [3.8, 4) is 0 Å². The summed E-state index contributed by atoms with van der Waals surface area (Å²) in [5, 5.41) is 0. The fraction of sp³-hybridized carbons (Fsp3) is 0.615. The van der Waals surface area contributed by atoms with Crippen molar-refractivity contribution in [3.05, 3.63) is 23.8 Å². The smallest absolute Gasteiger partial charge is 0.244 e. The molecular weight excluding hydrogens is 202 g/mol. The van der Waals surface area contributed by atoms with Crippen molar-refractivity contribution in [1.29, 1.82) is 0 Å². The molecule has 2 rings (SSSR count). The van der Waals surface area contributed by atoms with Crippen LogP contribution < -0.4 is 5.73 Å². The van der Waals surface area contributed by atoms with Gasteiger partial charge in [-0.2, -0.15) is 0 Å². The topological polar surface area (TPSA) is 52.3 Å². The third kappa shape index (κ3) is 2.73. The molecule has 3 heteroatoms. The van der Waals surface area contributed by atoms with E-state index in [0.29, 0.717) is 5.92 Å². The number of hydrogen-bond acceptors (Lipinski definition) is 2. The largest absolute Gasteiger partial charge is 0.374 e. The number of fused-ring (bicyclic) bond motifs is 1. The average Bonchev–Trinajstić information content (AvgIpc) is 2.70. The van der Waals surface area contributed by atoms with E-state index in [9.17, 15) is 4.79 Å². The zero-order valence-corrected chi connectivity index (χ0v) is 9.52. The van der Waals surface area contributed by atoms with E-state index in [4.69, 9.17) is 10.5 Å². The molecule has 0 aromatic carbocycles. The lowest BCUT2D eigenvalue weighted by atomic mass is 9.91. The molecule has 16 heavy (non-hydrogen) atoms. The monoisotopic (exact) mass is 221 g/mol. The molecule has 2 aliphatic rings. The van der Waals surface area contributed by atoms with E-state index in [1.165, 1.54) is 0 Å². The molecule has 1 fully saturated rings. The van der Waals surface area contributed by atoms with Crippen LogP contribution >= 0.6 is 0 Å². The summed E-state index contributed by atoms with van der Waals surface area (Å²) < 4.78 is 5.66. The van der Waals surface area contributed by atoms with Crippen molar-refractivity contribution in [1.82, 2.24) is 0 Å². The molecule has 88 valence electrons. The van der Waals surface area contributed by atoms with Gasteiger partial charge in [0.15, 0.2) is 0 Å². The van der Waals surface area contributed by atoms with E-state index in [0.717, 1.165) is 44.3 Å². The fourth-order valence-corrected chi connectivity index (χ4v) is 2.43. The van der Waals surface area contributed by atoms with Crippen LogP contribution in [0.25, 0.3) is 0 Å². The summed E-state index contributed by atoms with van der Waals surface area (Å²) in [6, 6.07) is 0. The lowest BCUT2D eigenvalue weighted by Gasteiger charge is -2.16. The first-order valence-electron chi connectivity index (χ1n) is 6.04. The standard InChI is InChI=1S/C13H19NO2/c14-13(15)11-4-2-1-3-5-12-10(6-7-11)8-9-16-12/h3-5,10,12H,1-2,6-9H2,(H2,14,15). The molecule has 2 atom stereocenters. The van der Waals surface area contributed by atoms with Crippen molar-refractivity contribution in [2.24, 2.45) is 11.7 Å². The Balaban J connectivity index is 2.06. The van der Waals surface area contributed by atoms with Gasteiger partial charge in [0.05, 0.1) is 6.10 Å². The molecule has 0 spiro atoms. The minimum absolute atomic E-state index is 0.257. The van der Waals surface area contributed by atoms with Gasteiger partial charge in [0.2, 0.25) is 5.91 Å². The number of nitrogens with two attached hydrogens (primary N) is 1. The number of amides is 1. The van der Waals surface area contributed by atoms with Crippen molar-refractivity contribution >= 4 is 5.91 Å². The van der Waals surface area contributed by atoms with Gasteiger partial charge >= 0.3 is 0 Å². The highest BCUT2D eigenvalue weighted by Crippen LogP contribution is 2.28. The maximum atomic E-state index is 11.2. The SMILES string of the molecule is NC(=O)C1=CCCC=CC2OCCC2CC1. The number of primary amides is 1. The summed E-state index contributed by atoms with van der Waals surface area (Å²) in [4.78, 5) is 11.2. The minimum atomic E-state index is -0.264. The number of hydrogen-bond donors (Lipinski definition) is 1. The zero-order chi connectivity index (χ0) is 11.4. The van der Waals surface area contributed by atoms with Gasteiger partial charge in [-0.3, -0.25) is 4.79 Å². The van der Waals surface area contributed by atoms with Crippen LogP contribution in [0.15, 0.2) is 23.8 Å². The Morgan fingerprint density at radius 2 is 2.25 bits per heavy atom. The van der Waals surface area contributed by atoms with Crippen molar-refractivity contribution in [2.75, 3.05) is 6.61 Å². The molecule has 3 nitrogen and oxygen atoms in total. The van der Waals surface area contributed by atoms with Crippen LogP contribution in [0.1, 0.15) is 32.1 Å². The Bertz CT molecular complexity index is 320. The van der Waals surface area contributed by atoms with Crippen LogP contribution in [0.2, 0.25) is 0 Å². The van der Waals surface area contributed by atoms with E-state index in [-0.39, 0.29) is 12.0 Å². The van der Waals surface area contributed by atoms with Gasteiger partial charge < -0.3 is 10.5 Å². The van der Waals surface area contributed by atoms with Crippen molar-refractivity contribution in [3.63, 3.8) is 0 Å². The molecule has 0 aromatic heterocycles. The van der Waals surface area contributed by atoms with Crippen molar-refractivity contribution in [2.45, 2.75) is 38.2 Å². The van der Waals surface area contributed by atoms with Crippen LogP contribution in [0.4, 0.5) is 0 Å². The van der Waals surface area contributed by atoms with Crippen LogP contribution in [0.3, 0.4) is 0 Å². The quantitative estimate of drug-likeness (QED) is 0.688. The second-order valence-electron chi connectivity index (χ2n) is 4.52. The Morgan fingerprint density at radius 3 is 3.06 bits per heavy atom. The van der Waals surface area contributed by atoms with E-state index in [1.54, 1.807) is 0 Å². The molecule has 2 N–H and O–H groups in total. The molecule has 1 heterocycles. The number of carbonyl (C=O) groups is 1. The lowest BCUT2D eigenvalue weighted by molar-refractivity contribution is -0.114. The summed E-state index contributed by atoms with van der Waals surface area (Å²) in [5.41, 5.74) is 6.15. The Hall–Kier alpha value is -1.09. The third-order valence-corrected chi connectivity index (χ3v) is 3.41. The first-order chi connectivity index (χ1) is 7.77. The van der Waals surface area contributed by atoms with Crippen LogP contribution in [-0.2, 0) is 9.53 Å². The summed E-state index contributed by atoms with van der Waals surface area (Å²) >= 11 is 0. The van der Waals surface area contributed by atoms with Gasteiger partial charge in [0.1, 0.15) is 0 Å². The molecule has 0 saturated carbocycles. The molecule has 1 aliphatic heterocycles. The van der Waals surface area contributed by atoms with E-state index in [2.05, 4.69) is 12.2 Å². The molecule has 1 aliphatic carbocycles. The average molecular weight is 221 g/mol. The normalized spacial score (nSPS) is 30.6. The second-order valence-corrected chi connectivity index (χ2v) is 4.52. The first-order valence-corrected chi connectivity index (χ1v) is 6.04. The van der Waals surface area contributed by atoms with E-state index in [1.807, 2.05) is 6.08 Å². The van der Waals surface area contributed by atoms with Gasteiger partial charge in [0.25, 0.3) is 0 Å². The summed E-state index contributed by atoms with van der Waals surface area (Å²) in [7, 11) is 0. The summed E-state index contributed by atoms with van der Waals surface area (Å²) in [6.45, 7) is 0.843. The van der Waals surface area contributed by atoms with E-state index >= 15 is 0 Å². The van der Waals surface area contributed by atoms with Crippen molar-refractivity contribution < 1.29 is 9.53 Å². The number of rotatable bonds is 1. The summed E-state index contributed by atoms with van der Waals surface area (Å²) in [5.74, 6) is 0.289. The molecule has 0 aromatic rings.